The Bertz CT molecular complexity index is 660. The number of nitrogens with zero attached hydrogens (tertiary/aromatic N) is 1. The van der Waals surface area contributed by atoms with Gasteiger partial charge in [0.05, 0.1) is 21.3 Å². The average Bonchev–Trinajstić information content (AvgIpc) is 2.65. The number of rotatable bonds is 7. The lowest BCUT2D eigenvalue weighted by molar-refractivity contribution is 0.0789. The topological polar surface area (TPSA) is 48.0 Å². The highest BCUT2D eigenvalue weighted by Crippen LogP contribution is 2.29. The van der Waals surface area contributed by atoms with Crippen LogP contribution in [-0.4, -0.2) is 45.7 Å². The van der Waals surface area contributed by atoms with Crippen molar-refractivity contribution in [3.05, 3.63) is 53.6 Å². The Balaban J connectivity index is 2.09. The minimum absolute atomic E-state index is 0.127. The van der Waals surface area contributed by atoms with Gasteiger partial charge in [0, 0.05) is 13.6 Å². The molecule has 0 saturated heterocycles. The normalized spacial score (nSPS) is 10.2. The van der Waals surface area contributed by atoms with Crippen LogP contribution in [0.3, 0.4) is 0 Å². The number of ether oxygens (including phenoxy) is 3. The van der Waals surface area contributed by atoms with Crippen LogP contribution in [0.15, 0.2) is 42.5 Å². The summed E-state index contributed by atoms with van der Waals surface area (Å²) >= 11 is 0. The van der Waals surface area contributed by atoms with Crippen LogP contribution in [-0.2, 0) is 6.42 Å². The van der Waals surface area contributed by atoms with Gasteiger partial charge in [0.1, 0.15) is 22.8 Å². The van der Waals surface area contributed by atoms with Crippen molar-refractivity contribution < 1.29 is 19.0 Å². The van der Waals surface area contributed by atoms with Gasteiger partial charge < -0.3 is 19.1 Å². The molecule has 2 aromatic rings. The van der Waals surface area contributed by atoms with Crippen LogP contribution in [0.5, 0.6) is 17.2 Å². The van der Waals surface area contributed by atoms with Crippen molar-refractivity contribution in [3.63, 3.8) is 0 Å². The van der Waals surface area contributed by atoms with Crippen molar-refractivity contribution in [2.75, 3.05) is 34.9 Å². The first-order chi connectivity index (χ1) is 11.6. The van der Waals surface area contributed by atoms with E-state index in [0.29, 0.717) is 23.6 Å². The Morgan fingerprint density at radius 2 is 1.50 bits per heavy atom. The van der Waals surface area contributed by atoms with Gasteiger partial charge in [-0.15, -0.1) is 0 Å². The molecular formula is C19H23NO4. The molecule has 0 aromatic heterocycles. The number of amides is 1. The van der Waals surface area contributed by atoms with Crippen LogP contribution in [0.25, 0.3) is 0 Å². The third-order valence-electron chi connectivity index (χ3n) is 3.88. The molecule has 0 unspecified atom stereocenters. The number of carbonyl (C=O) groups is 1. The van der Waals surface area contributed by atoms with Gasteiger partial charge in [-0.1, -0.05) is 18.2 Å². The van der Waals surface area contributed by atoms with Gasteiger partial charge in [0.15, 0.2) is 0 Å². The third-order valence-corrected chi connectivity index (χ3v) is 3.88. The van der Waals surface area contributed by atoms with Crippen LogP contribution < -0.4 is 14.2 Å². The zero-order valence-corrected chi connectivity index (χ0v) is 14.5. The molecule has 1 amide bonds. The van der Waals surface area contributed by atoms with E-state index in [9.17, 15) is 4.79 Å². The van der Waals surface area contributed by atoms with Gasteiger partial charge in [-0.3, -0.25) is 4.79 Å². The number of hydrogen-bond donors (Lipinski definition) is 0. The van der Waals surface area contributed by atoms with Crippen molar-refractivity contribution in [1.29, 1.82) is 0 Å². The number of likely N-dealkylation sites (N-methyl/N-ethyl adjacent to an activating group) is 1. The summed E-state index contributed by atoms with van der Waals surface area (Å²) in [6.07, 6.45) is 0.754. The maximum atomic E-state index is 12.8. The van der Waals surface area contributed by atoms with Crippen LogP contribution in [0.4, 0.5) is 0 Å². The first-order valence-corrected chi connectivity index (χ1v) is 7.70. The highest BCUT2D eigenvalue weighted by Gasteiger charge is 2.21. The van der Waals surface area contributed by atoms with E-state index >= 15 is 0 Å². The summed E-state index contributed by atoms with van der Waals surface area (Å²) in [4.78, 5) is 14.4. The predicted octanol–water partition coefficient (Wildman–Crippen LogP) is 3.03. The fourth-order valence-electron chi connectivity index (χ4n) is 2.44. The minimum atomic E-state index is -0.127. The Morgan fingerprint density at radius 1 is 0.917 bits per heavy atom. The van der Waals surface area contributed by atoms with Crippen molar-refractivity contribution in [1.82, 2.24) is 4.90 Å². The molecule has 0 saturated carbocycles. The van der Waals surface area contributed by atoms with Crippen molar-refractivity contribution in [3.8, 4) is 17.2 Å². The Morgan fingerprint density at radius 3 is 2.00 bits per heavy atom. The zero-order chi connectivity index (χ0) is 17.5. The van der Waals surface area contributed by atoms with E-state index in [1.165, 1.54) is 0 Å². The molecule has 24 heavy (non-hydrogen) atoms. The van der Waals surface area contributed by atoms with Gasteiger partial charge in [0.25, 0.3) is 5.91 Å². The molecule has 5 heteroatoms. The van der Waals surface area contributed by atoms with E-state index in [2.05, 4.69) is 0 Å². The second-order valence-electron chi connectivity index (χ2n) is 5.36. The van der Waals surface area contributed by atoms with E-state index in [0.717, 1.165) is 17.7 Å². The summed E-state index contributed by atoms with van der Waals surface area (Å²) in [6.45, 7) is 0.590. The molecule has 0 N–H and O–H groups in total. The lowest BCUT2D eigenvalue weighted by Crippen LogP contribution is -2.29. The first-order valence-electron chi connectivity index (χ1n) is 7.70. The van der Waals surface area contributed by atoms with Gasteiger partial charge in [-0.2, -0.15) is 0 Å². The molecule has 0 radical (unpaired) electrons. The lowest BCUT2D eigenvalue weighted by Gasteiger charge is -2.20. The molecule has 128 valence electrons. The van der Waals surface area contributed by atoms with Crippen molar-refractivity contribution >= 4 is 5.91 Å². The summed E-state index contributed by atoms with van der Waals surface area (Å²) in [5.41, 5.74) is 1.59. The number of carbonyl (C=O) groups excluding carboxylic acids is 1. The van der Waals surface area contributed by atoms with Gasteiger partial charge >= 0.3 is 0 Å². The summed E-state index contributed by atoms with van der Waals surface area (Å²) in [6, 6.07) is 13.1. The molecule has 0 aliphatic heterocycles. The lowest BCUT2D eigenvalue weighted by atomic mass is 10.1. The first kappa shape index (κ1) is 17.7. The fourth-order valence-corrected chi connectivity index (χ4v) is 2.44. The van der Waals surface area contributed by atoms with Gasteiger partial charge in [-0.25, -0.2) is 0 Å². The highest BCUT2D eigenvalue weighted by atomic mass is 16.5. The Kier molecular flexibility index (Phi) is 6.07. The zero-order valence-electron chi connectivity index (χ0n) is 14.5. The molecule has 0 aliphatic rings. The maximum Gasteiger partial charge on any atom is 0.261 e. The van der Waals surface area contributed by atoms with E-state index in [4.69, 9.17) is 14.2 Å². The summed E-state index contributed by atoms with van der Waals surface area (Å²) in [5.74, 6) is 1.71. The van der Waals surface area contributed by atoms with E-state index < -0.39 is 0 Å². The summed E-state index contributed by atoms with van der Waals surface area (Å²) < 4.78 is 15.8. The molecule has 2 rings (SSSR count). The molecule has 5 nitrogen and oxygen atoms in total. The SMILES string of the molecule is COc1ccc(CCN(C)C(=O)c2c(OC)cccc2OC)cc1. The Labute approximate surface area is 142 Å². The molecular weight excluding hydrogens is 306 g/mol. The van der Waals surface area contributed by atoms with Crippen molar-refractivity contribution in [2.45, 2.75) is 6.42 Å². The van der Waals surface area contributed by atoms with Gasteiger partial charge in [0.2, 0.25) is 0 Å². The highest BCUT2D eigenvalue weighted by molar-refractivity contribution is 5.99. The monoisotopic (exact) mass is 329 g/mol. The Hall–Kier alpha value is -2.69. The number of benzene rings is 2. The second-order valence-corrected chi connectivity index (χ2v) is 5.36. The maximum absolute atomic E-state index is 12.8. The van der Waals surface area contributed by atoms with Gasteiger partial charge in [-0.05, 0) is 36.2 Å². The molecule has 2 aromatic carbocycles. The second kappa shape index (κ2) is 8.24. The summed E-state index contributed by atoms with van der Waals surface area (Å²) in [5, 5.41) is 0. The van der Waals surface area contributed by atoms with Crippen LogP contribution in [0.1, 0.15) is 15.9 Å². The smallest absolute Gasteiger partial charge is 0.261 e. The largest absolute Gasteiger partial charge is 0.497 e. The molecule has 0 heterocycles. The average molecular weight is 329 g/mol. The van der Waals surface area contributed by atoms with E-state index in [1.807, 2.05) is 24.3 Å². The van der Waals surface area contributed by atoms with Crippen LogP contribution in [0.2, 0.25) is 0 Å². The quantitative estimate of drug-likeness (QED) is 0.783. The predicted molar refractivity (Wildman–Crippen MR) is 93.2 cm³/mol. The third kappa shape index (κ3) is 3.98. The number of hydrogen-bond acceptors (Lipinski definition) is 4. The summed E-state index contributed by atoms with van der Waals surface area (Å²) in [7, 11) is 6.51. The van der Waals surface area contributed by atoms with Crippen LogP contribution in [0, 0.1) is 0 Å². The fraction of sp³-hybridized carbons (Fsp3) is 0.316. The molecule has 0 aliphatic carbocycles. The molecule has 0 atom stereocenters. The van der Waals surface area contributed by atoms with E-state index in [1.54, 1.807) is 51.5 Å². The molecule has 0 spiro atoms. The van der Waals surface area contributed by atoms with E-state index in [-0.39, 0.29) is 5.91 Å². The molecule has 0 bridgehead atoms. The van der Waals surface area contributed by atoms with Crippen LogP contribution >= 0.6 is 0 Å². The molecule has 0 fully saturated rings. The standard InChI is InChI=1S/C19H23NO4/c1-20(13-12-14-8-10-15(22-2)11-9-14)19(21)18-16(23-3)6-5-7-17(18)24-4/h5-11H,12-13H2,1-4H3. The minimum Gasteiger partial charge on any atom is -0.497 e. The number of methoxy groups -OCH3 is 3. The van der Waals surface area contributed by atoms with Crippen molar-refractivity contribution in [2.24, 2.45) is 0 Å².